The number of carbonyl (C=O) groups excluding carboxylic acids is 1. The number of guanidine groups is 1. The third-order valence-corrected chi connectivity index (χ3v) is 5.81. The maximum Gasteiger partial charge on any atom is 0.244 e. The Hall–Kier alpha value is -1.60. The monoisotopic (exact) mass is 363 g/mol. The van der Waals surface area contributed by atoms with Crippen LogP contribution in [-0.4, -0.2) is 67.5 Å². The summed E-state index contributed by atoms with van der Waals surface area (Å²) in [5.74, 6) is 0.874. The fraction of sp³-hybridized carbons (Fsp3) is 0.667. The van der Waals surface area contributed by atoms with Gasteiger partial charge in [0.05, 0.1) is 0 Å². The normalized spacial score (nSPS) is 18.3. The highest BCUT2D eigenvalue weighted by Gasteiger charge is 2.18. The smallest absolute Gasteiger partial charge is 0.244 e. The molecule has 1 aromatic rings. The number of amides is 1. The van der Waals surface area contributed by atoms with E-state index in [9.17, 15) is 4.79 Å². The van der Waals surface area contributed by atoms with E-state index < -0.39 is 0 Å². The number of thiophene rings is 1. The van der Waals surface area contributed by atoms with Crippen molar-refractivity contribution < 1.29 is 4.79 Å². The average Bonchev–Trinajstić information content (AvgIpc) is 3.30. The van der Waals surface area contributed by atoms with Crippen molar-refractivity contribution in [3.8, 4) is 0 Å². The van der Waals surface area contributed by atoms with Gasteiger partial charge in [0.25, 0.3) is 0 Å². The fourth-order valence-electron chi connectivity index (χ4n) is 3.39. The number of hydrogen-bond acceptors (Lipinski definition) is 4. The first-order valence-corrected chi connectivity index (χ1v) is 10.2. The molecule has 0 atom stereocenters. The van der Waals surface area contributed by atoms with Gasteiger partial charge in [0, 0.05) is 50.7 Å². The first kappa shape index (κ1) is 18.2. The first-order valence-electron chi connectivity index (χ1n) is 9.34. The number of fused-ring (bicyclic) bond motifs is 1. The summed E-state index contributed by atoms with van der Waals surface area (Å²) >= 11 is 1.88. The molecular formula is C18H29N5OS. The van der Waals surface area contributed by atoms with Crippen LogP contribution in [0, 0.1) is 0 Å². The van der Waals surface area contributed by atoms with Crippen molar-refractivity contribution in [2.45, 2.75) is 32.7 Å². The molecule has 1 fully saturated rings. The van der Waals surface area contributed by atoms with Crippen LogP contribution in [0.1, 0.15) is 30.2 Å². The predicted molar refractivity (Wildman–Crippen MR) is 103 cm³/mol. The number of aliphatic imine (C=N–C) groups is 1. The van der Waals surface area contributed by atoms with Gasteiger partial charge in [-0.3, -0.25) is 9.69 Å². The Labute approximate surface area is 154 Å². The molecule has 2 aliphatic rings. The summed E-state index contributed by atoms with van der Waals surface area (Å²) in [6, 6.07) is 2.25. The highest BCUT2D eigenvalue weighted by molar-refractivity contribution is 7.10. The molecular weight excluding hydrogens is 334 g/mol. The second-order valence-electron chi connectivity index (χ2n) is 6.60. The lowest BCUT2D eigenvalue weighted by Crippen LogP contribution is -2.43. The summed E-state index contributed by atoms with van der Waals surface area (Å²) in [5, 5.41) is 8.78. The minimum atomic E-state index is 0.135. The summed E-state index contributed by atoms with van der Waals surface area (Å²) in [6.45, 7) is 8.84. The number of nitrogens with zero attached hydrogens (tertiary/aromatic N) is 3. The Morgan fingerprint density at radius 3 is 2.92 bits per heavy atom. The molecule has 0 aliphatic carbocycles. The average molecular weight is 364 g/mol. The topological polar surface area (TPSA) is 60.0 Å². The van der Waals surface area contributed by atoms with Crippen molar-refractivity contribution in [3.63, 3.8) is 0 Å². The van der Waals surface area contributed by atoms with Gasteiger partial charge in [-0.2, -0.15) is 0 Å². The molecule has 0 saturated carbocycles. The van der Waals surface area contributed by atoms with Crippen LogP contribution in [0.15, 0.2) is 16.4 Å². The lowest BCUT2D eigenvalue weighted by atomic mass is 10.1. The van der Waals surface area contributed by atoms with Crippen LogP contribution in [0.25, 0.3) is 0 Å². The highest BCUT2D eigenvalue weighted by Crippen LogP contribution is 2.23. The summed E-state index contributed by atoms with van der Waals surface area (Å²) in [7, 11) is 0. The molecule has 2 aliphatic heterocycles. The Kier molecular flexibility index (Phi) is 6.69. The van der Waals surface area contributed by atoms with E-state index in [0.717, 1.165) is 71.0 Å². The van der Waals surface area contributed by atoms with Crippen molar-refractivity contribution >= 4 is 23.2 Å². The molecule has 0 unspecified atom stereocenters. The van der Waals surface area contributed by atoms with Gasteiger partial charge in [-0.15, -0.1) is 11.3 Å². The van der Waals surface area contributed by atoms with Gasteiger partial charge < -0.3 is 15.5 Å². The third kappa shape index (κ3) is 5.19. The molecule has 7 heteroatoms. The number of hydrogen-bond donors (Lipinski definition) is 2. The maximum atomic E-state index is 12.1. The maximum absolute atomic E-state index is 12.1. The molecule has 3 heterocycles. The van der Waals surface area contributed by atoms with E-state index >= 15 is 0 Å². The Morgan fingerprint density at radius 1 is 1.28 bits per heavy atom. The number of likely N-dealkylation sites (tertiary alicyclic amines) is 1. The van der Waals surface area contributed by atoms with Crippen LogP contribution in [0.2, 0.25) is 0 Å². The lowest BCUT2D eigenvalue weighted by molar-refractivity contribution is -0.128. The Morgan fingerprint density at radius 2 is 2.12 bits per heavy atom. The van der Waals surface area contributed by atoms with Crippen molar-refractivity contribution in [3.05, 3.63) is 21.9 Å². The second kappa shape index (κ2) is 9.20. The van der Waals surface area contributed by atoms with Gasteiger partial charge >= 0.3 is 0 Å². The first-order chi connectivity index (χ1) is 12.3. The van der Waals surface area contributed by atoms with E-state index in [1.807, 2.05) is 23.2 Å². The van der Waals surface area contributed by atoms with Crippen LogP contribution in [-0.2, 0) is 17.8 Å². The van der Waals surface area contributed by atoms with Crippen LogP contribution in [0.5, 0.6) is 0 Å². The van der Waals surface area contributed by atoms with Crippen LogP contribution in [0.4, 0.5) is 0 Å². The SMILES string of the molecule is CCNC(=NCC(=O)N1CCCC1)NCCN1CCc2sccc2C1. The summed E-state index contributed by atoms with van der Waals surface area (Å²) in [6.07, 6.45) is 3.40. The molecule has 6 nitrogen and oxygen atoms in total. The predicted octanol–water partition coefficient (Wildman–Crippen LogP) is 1.28. The zero-order valence-electron chi connectivity index (χ0n) is 15.1. The molecule has 0 bridgehead atoms. The van der Waals surface area contributed by atoms with E-state index in [2.05, 4.69) is 32.0 Å². The third-order valence-electron chi connectivity index (χ3n) is 4.78. The molecule has 138 valence electrons. The van der Waals surface area contributed by atoms with Crippen LogP contribution < -0.4 is 10.6 Å². The Balaban J connectivity index is 1.42. The van der Waals surface area contributed by atoms with Gasteiger partial charge in [-0.1, -0.05) is 0 Å². The standard InChI is InChI=1S/C18H29N5OS/c1-2-19-18(21-13-17(24)23-8-3-4-9-23)20-7-11-22-10-5-16-15(14-22)6-12-25-16/h6,12H,2-5,7-11,13-14H2,1H3,(H2,19,20,21). The van der Waals surface area contributed by atoms with Gasteiger partial charge in [0.2, 0.25) is 5.91 Å². The molecule has 2 N–H and O–H groups in total. The van der Waals surface area contributed by atoms with E-state index in [4.69, 9.17) is 0 Å². The number of rotatable bonds is 6. The fourth-order valence-corrected chi connectivity index (χ4v) is 4.27. The van der Waals surface area contributed by atoms with Crippen LogP contribution >= 0.6 is 11.3 Å². The van der Waals surface area contributed by atoms with Crippen LogP contribution in [0.3, 0.4) is 0 Å². The summed E-state index contributed by atoms with van der Waals surface area (Å²) < 4.78 is 0. The van der Waals surface area contributed by atoms with E-state index in [-0.39, 0.29) is 12.5 Å². The van der Waals surface area contributed by atoms with Gasteiger partial charge in [0.15, 0.2) is 5.96 Å². The van der Waals surface area contributed by atoms with E-state index in [0.29, 0.717) is 0 Å². The molecule has 1 aromatic heterocycles. The van der Waals surface area contributed by atoms with Crippen molar-refractivity contribution in [2.24, 2.45) is 4.99 Å². The van der Waals surface area contributed by atoms with Crippen molar-refractivity contribution in [1.82, 2.24) is 20.4 Å². The highest BCUT2D eigenvalue weighted by atomic mass is 32.1. The molecule has 0 radical (unpaired) electrons. The largest absolute Gasteiger partial charge is 0.357 e. The Bertz CT molecular complexity index is 594. The van der Waals surface area contributed by atoms with Gasteiger partial charge in [0.1, 0.15) is 6.54 Å². The molecule has 1 saturated heterocycles. The molecule has 0 spiro atoms. The van der Waals surface area contributed by atoms with Crippen molar-refractivity contribution in [1.29, 1.82) is 0 Å². The molecule has 1 amide bonds. The minimum absolute atomic E-state index is 0.135. The summed E-state index contributed by atoms with van der Waals surface area (Å²) in [5.41, 5.74) is 1.48. The van der Waals surface area contributed by atoms with Crippen molar-refractivity contribution in [2.75, 3.05) is 45.8 Å². The minimum Gasteiger partial charge on any atom is -0.357 e. The quantitative estimate of drug-likeness (QED) is 0.591. The lowest BCUT2D eigenvalue weighted by Gasteiger charge is -2.27. The number of carbonyl (C=O) groups is 1. The summed E-state index contributed by atoms with van der Waals surface area (Å²) in [4.78, 5) is 22.5. The second-order valence-corrected chi connectivity index (χ2v) is 7.61. The zero-order valence-corrected chi connectivity index (χ0v) is 15.9. The molecule has 0 aromatic carbocycles. The number of nitrogens with one attached hydrogen (secondary N) is 2. The zero-order chi connectivity index (χ0) is 17.5. The van der Waals surface area contributed by atoms with E-state index in [1.165, 1.54) is 5.56 Å². The van der Waals surface area contributed by atoms with Gasteiger partial charge in [-0.05, 0) is 43.2 Å². The van der Waals surface area contributed by atoms with Gasteiger partial charge in [-0.25, -0.2) is 4.99 Å². The molecule has 3 rings (SSSR count). The molecule has 25 heavy (non-hydrogen) atoms. The van der Waals surface area contributed by atoms with E-state index in [1.54, 1.807) is 4.88 Å².